The summed E-state index contributed by atoms with van der Waals surface area (Å²) in [6, 6.07) is -2.07. The molecule has 0 fully saturated rings. The minimum absolute atomic E-state index is 0.163. The van der Waals surface area contributed by atoms with Gasteiger partial charge in [0.2, 0.25) is 5.91 Å². The predicted molar refractivity (Wildman–Crippen MR) is 63.9 cm³/mol. The Bertz CT molecular complexity index is 335. The van der Waals surface area contributed by atoms with Gasteiger partial charge in [-0.05, 0) is 18.8 Å². The van der Waals surface area contributed by atoms with E-state index < -0.39 is 29.9 Å². The van der Waals surface area contributed by atoms with Crippen LogP contribution in [0.1, 0.15) is 33.1 Å². The van der Waals surface area contributed by atoms with Crippen LogP contribution >= 0.6 is 0 Å². The molecular formula is C11H20N2O5. The van der Waals surface area contributed by atoms with E-state index in [1.54, 1.807) is 0 Å². The van der Waals surface area contributed by atoms with Crippen LogP contribution in [0.5, 0.6) is 0 Å². The summed E-state index contributed by atoms with van der Waals surface area (Å²) < 4.78 is 7.05. The minimum Gasteiger partial charge on any atom is -0.481 e. The smallest absolute Gasteiger partial charge is 0.326 e. The highest BCUT2D eigenvalue weighted by Gasteiger charge is 2.24. The minimum atomic E-state index is -1.29. The average Bonchev–Trinajstić information content (AvgIpc) is 2.30. The van der Waals surface area contributed by atoms with Gasteiger partial charge in [-0.15, -0.1) is 0 Å². The molecule has 0 aliphatic rings. The third-order valence-electron chi connectivity index (χ3n) is 2.29. The van der Waals surface area contributed by atoms with Crippen molar-refractivity contribution in [2.24, 2.45) is 11.6 Å². The van der Waals surface area contributed by atoms with Crippen molar-refractivity contribution in [1.29, 1.82) is 0 Å². The van der Waals surface area contributed by atoms with Crippen molar-refractivity contribution in [3.63, 3.8) is 0 Å². The Morgan fingerprint density at radius 3 is 2.33 bits per heavy atom. The van der Waals surface area contributed by atoms with E-state index in [-0.39, 0.29) is 18.8 Å². The van der Waals surface area contributed by atoms with Crippen molar-refractivity contribution < 1.29 is 26.0 Å². The highest BCUT2D eigenvalue weighted by atomic mass is 16.4. The zero-order valence-electron chi connectivity index (χ0n) is 11.5. The van der Waals surface area contributed by atoms with E-state index in [1.807, 2.05) is 13.8 Å². The molecule has 0 spiro atoms. The van der Waals surface area contributed by atoms with E-state index >= 15 is 0 Å². The van der Waals surface area contributed by atoms with Gasteiger partial charge in [0.05, 0.1) is 6.04 Å². The van der Waals surface area contributed by atoms with E-state index in [4.69, 9.17) is 11.6 Å². The lowest BCUT2D eigenvalue weighted by atomic mass is 10.0. The van der Waals surface area contributed by atoms with Gasteiger partial charge in [-0.3, -0.25) is 9.59 Å². The first-order valence-electron chi connectivity index (χ1n) is 6.20. The lowest BCUT2D eigenvalue weighted by Crippen LogP contribution is -2.48. The molecule has 0 aliphatic heterocycles. The van der Waals surface area contributed by atoms with Crippen LogP contribution in [0.15, 0.2) is 0 Å². The molecule has 2 atom stereocenters. The summed E-state index contributed by atoms with van der Waals surface area (Å²) in [5.41, 5.74) is 2.07. The molecule has 104 valence electrons. The highest BCUT2D eigenvalue weighted by Crippen LogP contribution is 2.04. The number of amides is 1. The van der Waals surface area contributed by atoms with Crippen molar-refractivity contribution in [3.8, 4) is 0 Å². The number of nitrogens with one attached hydrogen (secondary N) is 1. The van der Waals surface area contributed by atoms with Crippen LogP contribution in [0.25, 0.3) is 0 Å². The number of rotatable bonds is 9. The van der Waals surface area contributed by atoms with E-state index in [9.17, 15) is 14.4 Å². The monoisotopic (exact) mass is 261 g/mol. The molecule has 18 heavy (non-hydrogen) atoms. The molecule has 0 rings (SSSR count). The molecule has 0 radical (unpaired) electrons. The van der Waals surface area contributed by atoms with Gasteiger partial charge in [-0.2, -0.15) is 0 Å². The summed E-state index contributed by atoms with van der Waals surface area (Å²) in [6.45, 7) is 3.74. The molecule has 1 amide bonds. The summed E-state index contributed by atoms with van der Waals surface area (Å²) in [5, 5.41) is 19.6. The Balaban J connectivity index is 4.51. The van der Waals surface area contributed by atoms with E-state index in [0.29, 0.717) is 6.42 Å². The van der Waals surface area contributed by atoms with Crippen molar-refractivity contribution in [2.45, 2.75) is 45.2 Å². The number of carboxylic acid groups (broad SMARTS) is 2. The Morgan fingerprint density at radius 1 is 1.33 bits per heavy atom. The average molecular weight is 261 g/mol. The number of hydrogen-bond donors (Lipinski definition) is 4. The van der Waals surface area contributed by atoms with Crippen LogP contribution < -0.4 is 11.0 Å². The third kappa shape index (κ3) is 6.85. The molecule has 0 aromatic rings. The Hall–Kier alpha value is -1.63. The second-order valence-corrected chi connectivity index (χ2v) is 4.51. The zero-order chi connectivity index (χ0) is 15.0. The van der Waals surface area contributed by atoms with Crippen LogP contribution in [-0.4, -0.2) is 40.1 Å². The van der Waals surface area contributed by atoms with Gasteiger partial charge < -0.3 is 21.3 Å². The van der Waals surface area contributed by atoms with Gasteiger partial charge in [0.1, 0.15) is 7.45 Å². The quantitative estimate of drug-likeness (QED) is 0.454. The lowest BCUT2D eigenvalue weighted by Gasteiger charge is -2.18. The van der Waals surface area contributed by atoms with E-state index in [0.717, 1.165) is 0 Å². The first-order valence-corrected chi connectivity index (χ1v) is 5.70. The molecule has 0 saturated heterocycles. The SMILES string of the molecule is [2H]N[C@@H](CC(C)C)C(=O)N[C@@H](CCC(=O)O)C(=O)O. The summed E-state index contributed by atoms with van der Waals surface area (Å²) >= 11 is 0. The van der Waals surface area contributed by atoms with Crippen molar-refractivity contribution >= 4 is 17.8 Å². The molecule has 7 nitrogen and oxygen atoms in total. The molecule has 0 aliphatic carbocycles. The molecule has 0 saturated carbocycles. The fourth-order valence-electron chi connectivity index (χ4n) is 1.38. The molecule has 0 aromatic carbocycles. The van der Waals surface area contributed by atoms with Gasteiger partial charge in [-0.1, -0.05) is 13.8 Å². The van der Waals surface area contributed by atoms with Crippen molar-refractivity contribution in [2.75, 3.05) is 0 Å². The normalized spacial score (nSPS) is 14.7. The molecule has 0 unspecified atom stereocenters. The van der Waals surface area contributed by atoms with Crippen LogP contribution in [0.4, 0.5) is 0 Å². The maximum atomic E-state index is 11.8. The summed E-state index contributed by atoms with van der Waals surface area (Å²) in [6.07, 6.45) is -0.149. The number of hydrogen-bond acceptors (Lipinski definition) is 4. The molecule has 0 heterocycles. The standard InChI is InChI=1S/C11H20N2O5/c1-6(2)5-7(12)10(16)13-8(11(17)18)3-4-9(14)15/h6-8H,3-5,12H2,1-2H3,(H,13,16)(H,14,15)(H,17,18)/t7-,8-/m0/s1/i/hD. The first kappa shape index (κ1) is 14.4. The van der Waals surface area contributed by atoms with Gasteiger partial charge in [-0.25, -0.2) is 4.79 Å². The zero-order valence-corrected chi connectivity index (χ0v) is 10.5. The Morgan fingerprint density at radius 2 is 1.94 bits per heavy atom. The predicted octanol–water partition coefficient (Wildman–Crippen LogP) is -0.206. The highest BCUT2D eigenvalue weighted by molar-refractivity contribution is 5.87. The summed E-state index contributed by atoms with van der Waals surface area (Å²) in [7, 11) is 0. The second-order valence-electron chi connectivity index (χ2n) is 4.51. The fraction of sp³-hybridized carbons (Fsp3) is 0.727. The van der Waals surface area contributed by atoms with Gasteiger partial charge >= 0.3 is 11.9 Å². The number of aliphatic carboxylic acids is 2. The van der Waals surface area contributed by atoms with Crippen molar-refractivity contribution in [1.82, 2.24) is 5.32 Å². The molecule has 0 aromatic heterocycles. The number of carbonyl (C=O) groups is 3. The molecule has 7 heteroatoms. The topological polar surface area (TPSA) is 130 Å². The lowest BCUT2D eigenvalue weighted by molar-refractivity contribution is -0.143. The van der Waals surface area contributed by atoms with E-state index in [1.165, 1.54) is 0 Å². The summed E-state index contributed by atoms with van der Waals surface area (Å²) in [4.78, 5) is 33.1. The van der Waals surface area contributed by atoms with Crippen LogP contribution in [0.3, 0.4) is 0 Å². The Kier molecular flexibility index (Phi) is 6.13. The van der Waals surface area contributed by atoms with Gasteiger partial charge in [0.25, 0.3) is 0 Å². The largest absolute Gasteiger partial charge is 0.481 e. The van der Waals surface area contributed by atoms with Gasteiger partial charge in [0.15, 0.2) is 0 Å². The first-order chi connectivity index (χ1) is 8.77. The summed E-state index contributed by atoms with van der Waals surface area (Å²) in [5.74, 6) is -2.86. The molecular weight excluding hydrogens is 240 g/mol. The molecule has 5 N–H and O–H groups in total. The number of nitrogens with two attached hydrogens (primary N) is 1. The van der Waals surface area contributed by atoms with Crippen molar-refractivity contribution in [3.05, 3.63) is 0 Å². The van der Waals surface area contributed by atoms with Crippen LogP contribution in [-0.2, 0) is 14.4 Å². The molecule has 0 bridgehead atoms. The number of carboxylic acids is 2. The van der Waals surface area contributed by atoms with E-state index in [2.05, 4.69) is 11.0 Å². The third-order valence-corrected chi connectivity index (χ3v) is 2.29. The number of carbonyl (C=O) groups excluding carboxylic acids is 1. The fourth-order valence-corrected chi connectivity index (χ4v) is 1.38. The van der Waals surface area contributed by atoms with Crippen LogP contribution in [0, 0.1) is 5.92 Å². The van der Waals surface area contributed by atoms with Crippen LogP contribution in [0.2, 0.25) is 1.41 Å². The maximum absolute atomic E-state index is 11.8. The second kappa shape index (κ2) is 7.65. The maximum Gasteiger partial charge on any atom is 0.326 e. The Labute approximate surface area is 107 Å². The van der Waals surface area contributed by atoms with Gasteiger partial charge in [0, 0.05) is 6.42 Å².